The number of ether oxygens (including phenoxy) is 2. The summed E-state index contributed by atoms with van der Waals surface area (Å²) in [5.74, 6) is 1.58. The number of benzene rings is 2. The monoisotopic (exact) mass is 374 g/mol. The van der Waals surface area contributed by atoms with E-state index >= 15 is 0 Å². The molecule has 2 aromatic carbocycles. The molecule has 1 atom stereocenters. The van der Waals surface area contributed by atoms with Gasteiger partial charge < -0.3 is 9.47 Å². The summed E-state index contributed by atoms with van der Waals surface area (Å²) < 4.78 is 10.8. The van der Waals surface area contributed by atoms with Crippen LogP contribution in [0, 0.1) is 5.92 Å². The lowest BCUT2D eigenvalue weighted by Crippen LogP contribution is -2.38. The molecule has 0 N–H and O–H groups in total. The molecule has 0 unspecified atom stereocenters. The van der Waals surface area contributed by atoms with E-state index in [4.69, 9.17) is 14.5 Å². The maximum absolute atomic E-state index is 13.0. The van der Waals surface area contributed by atoms with Crippen LogP contribution in [0.3, 0.4) is 0 Å². The van der Waals surface area contributed by atoms with Crippen molar-refractivity contribution in [1.29, 1.82) is 0 Å². The van der Waals surface area contributed by atoms with E-state index in [1.165, 1.54) is 0 Å². The molecule has 1 aromatic heterocycles. The van der Waals surface area contributed by atoms with Crippen LogP contribution in [-0.2, 0) is 6.54 Å². The van der Waals surface area contributed by atoms with Crippen LogP contribution in [0.1, 0.15) is 28.9 Å². The van der Waals surface area contributed by atoms with Gasteiger partial charge in [-0.15, -0.1) is 0 Å². The predicted octanol–water partition coefficient (Wildman–Crippen LogP) is 4.06. The van der Waals surface area contributed by atoms with E-state index in [2.05, 4.69) is 23.1 Å². The number of hydrogen-bond donors (Lipinski definition) is 0. The van der Waals surface area contributed by atoms with Crippen molar-refractivity contribution in [3.05, 3.63) is 65.9 Å². The number of Topliss-reactive ketones (excluding diaryl/α,β-unsaturated/α-hetero) is 1. The number of carbonyl (C=O) groups is 1. The van der Waals surface area contributed by atoms with Crippen LogP contribution in [0.4, 0.5) is 0 Å². The highest BCUT2D eigenvalue weighted by molar-refractivity contribution is 5.98. The first-order valence-electron chi connectivity index (χ1n) is 9.77. The molecule has 0 amide bonds. The standard InChI is InChI=1S/C23H22N2O3/c26-23(17-8-10-21-22(12-17)28-15-27-21)18-5-3-11-25(13-18)14-19-9-7-16-4-1-2-6-20(16)24-19/h1-2,4,6-10,12,18H,3,5,11,13-15H2/t18-/m0/s1. The van der Waals surface area contributed by atoms with Crippen molar-refractivity contribution in [1.82, 2.24) is 9.88 Å². The highest BCUT2D eigenvalue weighted by Crippen LogP contribution is 2.34. The minimum atomic E-state index is 0.00887. The average molecular weight is 374 g/mol. The zero-order valence-corrected chi connectivity index (χ0v) is 15.6. The van der Waals surface area contributed by atoms with E-state index in [-0.39, 0.29) is 18.5 Å². The number of aromatic nitrogens is 1. The highest BCUT2D eigenvalue weighted by Gasteiger charge is 2.28. The molecule has 0 spiro atoms. The van der Waals surface area contributed by atoms with Gasteiger partial charge in [-0.05, 0) is 49.7 Å². The summed E-state index contributed by atoms with van der Waals surface area (Å²) in [4.78, 5) is 20.2. The number of likely N-dealkylation sites (tertiary alicyclic amines) is 1. The van der Waals surface area contributed by atoms with Gasteiger partial charge in [0.25, 0.3) is 0 Å². The average Bonchev–Trinajstić information content (AvgIpc) is 3.21. The zero-order chi connectivity index (χ0) is 18.9. The second-order valence-corrected chi connectivity index (χ2v) is 7.50. The Morgan fingerprint density at radius 2 is 1.96 bits per heavy atom. The third-order valence-electron chi connectivity index (χ3n) is 5.58. The minimum absolute atomic E-state index is 0.00887. The number of hydrogen-bond acceptors (Lipinski definition) is 5. The molecular formula is C23H22N2O3. The number of rotatable bonds is 4. The molecule has 5 rings (SSSR count). The smallest absolute Gasteiger partial charge is 0.231 e. The Morgan fingerprint density at radius 3 is 2.93 bits per heavy atom. The Hall–Kier alpha value is -2.92. The topological polar surface area (TPSA) is 51.7 Å². The van der Waals surface area contributed by atoms with Crippen LogP contribution >= 0.6 is 0 Å². The number of piperidine rings is 1. The van der Waals surface area contributed by atoms with Gasteiger partial charge in [0, 0.05) is 30.0 Å². The molecule has 0 saturated carbocycles. The van der Waals surface area contributed by atoms with Crippen LogP contribution in [0.5, 0.6) is 11.5 Å². The molecule has 142 valence electrons. The Balaban J connectivity index is 1.29. The lowest BCUT2D eigenvalue weighted by Gasteiger charge is -2.31. The Kier molecular flexibility index (Phi) is 4.45. The Bertz CT molecular complexity index is 1030. The Morgan fingerprint density at radius 1 is 1.07 bits per heavy atom. The maximum atomic E-state index is 13.0. The molecule has 5 heteroatoms. The van der Waals surface area contributed by atoms with E-state index < -0.39 is 0 Å². The number of ketones is 1. The first kappa shape index (κ1) is 17.2. The van der Waals surface area contributed by atoms with Crippen LogP contribution in [0.25, 0.3) is 10.9 Å². The van der Waals surface area contributed by atoms with E-state index in [0.717, 1.165) is 49.1 Å². The van der Waals surface area contributed by atoms with Crippen molar-refractivity contribution < 1.29 is 14.3 Å². The van der Waals surface area contributed by atoms with Gasteiger partial charge in [-0.3, -0.25) is 14.7 Å². The van der Waals surface area contributed by atoms with Crippen molar-refractivity contribution in [2.45, 2.75) is 19.4 Å². The SMILES string of the molecule is O=C(c1ccc2c(c1)OCO2)[C@H]1CCCN(Cc2ccc3ccccc3n2)C1. The fourth-order valence-corrected chi connectivity index (χ4v) is 4.12. The van der Waals surface area contributed by atoms with Crippen LogP contribution in [-0.4, -0.2) is 35.5 Å². The van der Waals surface area contributed by atoms with Gasteiger partial charge in [-0.1, -0.05) is 24.3 Å². The minimum Gasteiger partial charge on any atom is -0.454 e. The third kappa shape index (κ3) is 3.34. The van der Waals surface area contributed by atoms with Gasteiger partial charge >= 0.3 is 0 Å². The third-order valence-corrected chi connectivity index (χ3v) is 5.58. The zero-order valence-electron chi connectivity index (χ0n) is 15.6. The first-order valence-corrected chi connectivity index (χ1v) is 9.77. The lowest BCUT2D eigenvalue weighted by atomic mass is 9.89. The number of carbonyl (C=O) groups excluding carboxylic acids is 1. The molecular weight excluding hydrogens is 352 g/mol. The second-order valence-electron chi connectivity index (χ2n) is 7.50. The van der Waals surface area contributed by atoms with Gasteiger partial charge in [0.05, 0.1) is 11.2 Å². The number of para-hydroxylation sites is 1. The summed E-state index contributed by atoms with van der Waals surface area (Å²) >= 11 is 0. The summed E-state index contributed by atoms with van der Waals surface area (Å²) in [6, 6.07) is 17.9. The summed E-state index contributed by atoms with van der Waals surface area (Å²) in [7, 11) is 0. The molecule has 0 aliphatic carbocycles. The van der Waals surface area contributed by atoms with Gasteiger partial charge in [0.15, 0.2) is 17.3 Å². The largest absolute Gasteiger partial charge is 0.454 e. The summed E-state index contributed by atoms with van der Waals surface area (Å²) in [6.45, 7) is 2.76. The fraction of sp³-hybridized carbons (Fsp3) is 0.304. The summed E-state index contributed by atoms with van der Waals surface area (Å²) in [5, 5.41) is 1.15. The molecule has 3 heterocycles. The number of nitrogens with zero attached hydrogens (tertiary/aromatic N) is 2. The van der Waals surface area contributed by atoms with Crippen molar-refractivity contribution in [3.63, 3.8) is 0 Å². The molecule has 1 saturated heterocycles. The van der Waals surface area contributed by atoms with Crippen LogP contribution in [0.2, 0.25) is 0 Å². The predicted molar refractivity (Wildman–Crippen MR) is 107 cm³/mol. The normalized spacial score (nSPS) is 19.1. The van der Waals surface area contributed by atoms with Crippen molar-refractivity contribution >= 4 is 16.7 Å². The molecule has 5 nitrogen and oxygen atoms in total. The lowest BCUT2D eigenvalue weighted by molar-refractivity contribution is 0.0810. The maximum Gasteiger partial charge on any atom is 0.231 e. The van der Waals surface area contributed by atoms with E-state index in [1.54, 1.807) is 0 Å². The van der Waals surface area contributed by atoms with Crippen molar-refractivity contribution in [2.24, 2.45) is 5.92 Å². The van der Waals surface area contributed by atoms with Crippen LogP contribution < -0.4 is 9.47 Å². The summed E-state index contributed by atoms with van der Waals surface area (Å²) in [5.41, 5.74) is 2.78. The molecule has 3 aromatic rings. The van der Waals surface area contributed by atoms with Gasteiger partial charge in [-0.2, -0.15) is 0 Å². The van der Waals surface area contributed by atoms with E-state index in [9.17, 15) is 4.79 Å². The van der Waals surface area contributed by atoms with Crippen LogP contribution in [0.15, 0.2) is 54.6 Å². The molecule has 0 radical (unpaired) electrons. The molecule has 1 fully saturated rings. The Labute approximate surface area is 163 Å². The molecule has 28 heavy (non-hydrogen) atoms. The second kappa shape index (κ2) is 7.24. The molecule has 2 aliphatic rings. The molecule has 0 bridgehead atoms. The van der Waals surface area contributed by atoms with Gasteiger partial charge in [-0.25, -0.2) is 0 Å². The van der Waals surface area contributed by atoms with Crippen molar-refractivity contribution in [3.8, 4) is 11.5 Å². The quantitative estimate of drug-likeness (QED) is 0.645. The summed E-state index contributed by atoms with van der Waals surface area (Å²) in [6.07, 6.45) is 1.95. The number of pyridine rings is 1. The highest BCUT2D eigenvalue weighted by atomic mass is 16.7. The van der Waals surface area contributed by atoms with E-state index in [1.807, 2.05) is 36.4 Å². The fourth-order valence-electron chi connectivity index (χ4n) is 4.12. The van der Waals surface area contributed by atoms with E-state index in [0.29, 0.717) is 17.1 Å². The number of fused-ring (bicyclic) bond motifs is 2. The van der Waals surface area contributed by atoms with Crippen molar-refractivity contribution in [2.75, 3.05) is 19.9 Å². The first-order chi connectivity index (χ1) is 13.8. The van der Waals surface area contributed by atoms with Gasteiger partial charge in [0.2, 0.25) is 6.79 Å². The van der Waals surface area contributed by atoms with Gasteiger partial charge in [0.1, 0.15) is 0 Å². The molecule has 2 aliphatic heterocycles.